The molecule has 1 aromatic rings. The summed E-state index contributed by atoms with van der Waals surface area (Å²) in [5, 5.41) is 6.70. The predicted octanol–water partition coefficient (Wildman–Crippen LogP) is 2.03. The number of nitrogens with zero attached hydrogens (tertiary/aromatic N) is 2. The van der Waals surface area contributed by atoms with Gasteiger partial charge in [0.1, 0.15) is 18.2 Å². The van der Waals surface area contributed by atoms with Crippen molar-refractivity contribution >= 4 is 11.6 Å². The third-order valence-corrected chi connectivity index (χ3v) is 3.47. The van der Waals surface area contributed by atoms with Crippen molar-refractivity contribution in [2.24, 2.45) is 0 Å². The van der Waals surface area contributed by atoms with Gasteiger partial charge < -0.3 is 20.1 Å². The summed E-state index contributed by atoms with van der Waals surface area (Å²) in [6.07, 6.45) is 3.60. The highest BCUT2D eigenvalue weighted by molar-refractivity contribution is 5.48. The summed E-state index contributed by atoms with van der Waals surface area (Å²) < 4.78 is 10.5. The van der Waals surface area contributed by atoms with E-state index in [9.17, 15) is 0 Å². The van der Waals surface area contributed by atoms with Crippen molar-refractivity contribution in [1.29, 1.82) is 0 Å². The molecule has 0 spiro atoms. The number of aromatic nitrogens is 2. The van der Waals surface area contributed by atoms with Gasteiger partial charge in [-0.2, -0.15) is 0 Å². The van der Waals surface area contributed by atoms with Crippen LogP contribution in [0.15, 0.2) is 6.07 Å². The van der Waals surface area contributed by atoms with Crippen LogP contribution in [0.5, 0.6) is 0 Å². The second-order valence-corrected chi connectivity index (χ2v) is 5.03. The van der Waals surface area contributed by atoms with Gasteiger partial charge in [-0.25, -0.2) is 9.97 Å². The van der Waals surface area contributed by atoms with Crippen molar-refractivity contribution in [3.05, 3.63) is 11.9 Å². The van der Waals surface area contributed by atoms with Gasteiger partial charge in [0.25, 0.3) is 0 Å². The molecule has 1 fully saturated rings. The van der Waals surface area contributed by atoms with Crippen molar-refractivity contribution in [3.8, 4) is 0 Å². The Hall–Kier alpha value is -1.40. The lowest BCUT2D eigenvalue weighted by molar-refractivity contribution is 0.108. The minimum Gasteiger partial charge on any atom is -0.381 e. The smallest absolute Gasteiger partial charge is 0.158 e. The van der Waals surface area contributed by atoms with Crippen LogP contribution >= 0.6 is 0 Å². The Morgan fingerprint density at radius 1 is 1.25 bits per heavy atom. The first-order valence-corrected chi connectivity index (χ1v) is 7.15. The highest BCUT2D eigenvalue weighted by atomic mass is 16.5. The zero-order valence-corrected chi connectivity index (χ0v) is 12.5. The van der Waals surface area contributed by atoms with E-state index in [0.29, 0.717) is 24.6 Å². The summed E-state index contributed by atoms with van der Waals surface area (Å²) in [6, 6.07) is 2.36. The van der Waals surface area contributed by atoms with Crippen molar-refractivity contribution in [3.63, 3.8) is 0 Å². The molecule has 0 bridgehead atoms. The van der Waals surface area contributed by atoms with E-state index in [1.54, 1.807) is 14.2 Å². The van der Waals surface area contributed by atoms with Crippen LogP contribution in [-0.4, -0.2) is 42.9 Å². The zero-order valence-electron chi connectivity index (χ0n) is 12.5. The van der Waals surface area contributed by atoms with Gasteiger partial charge in [0.15, 0.2) is 5.82 Å². The molecule has 6 heteroatoms. The largest absolute Gasteiger partial charge is 0.381 e. The number of anilines is 2. The zero-order chi connectivity index (χ0) is 14.4. The van der Waals surface area contributed by atoms with E-state index in [1.807, 2.05) is 13.0 Å². The van der Waals surface area contributed by atoms with Gasteiger partial charge in [-0.15, -0.1) is 0 Å². The van der Waals surface area contributed by atoms with Gasteiger partial charge >= 0.3 is 0 Å². The van der Waals surface area contributed by atoms with E-state index in [0.717, 1.165) is 37.4 Å². The average molecular weight is 280 g/mol. The minimum absolute atomic E-state index is 0.362. The van der Waals surface area contributed by atoms with Crippen LogP contribution in [-0.2, 0) is 16.1 Å². The van der Waals surface area contributed by atoms with Gasteiger partial charge in [-0.3, -0.25) is 0 Å². The molecule has 0 saturated heterocycles. The highest BCUT2D eigenvalue weighted by Gasteiger charge is 2.24. The van der Waals surface area contributed by atoms with Gasteiger partial charge in [-0.05, 0) is 26.2 Å². The Morgan fingerprint density at radius 3 is 2.70 bits per heavy atom. The summed E-state index contributed by atoms with van der Waals surface area (Å²) >= 11 is 0. The molecule has 2 rings (SSSR count). The summed E-state index contributed by atoms with van der Waals surface area (Å²) in [6.45, 7) is 3.29. The average Bonchev–Trinajstić information content (AvgIpc) is 2.87. The number of ether oxygens (including phenoxy) is 2. The Bertz CT molecular complexity index is 403. The third kappa shape index (κ3) is 4.05. The molecule has 0 amide bonds. The minimum atomic E-state index is 0.362. The molecule has 20 heavy (non-hydrogen) atoms. The number of rotatable bonds is 7. The second-order valence-electron chi connectivity index (χ2n) is 5.03. The SMILES string of the molecule is CCNc1cc(NC2CCC(OC)C2)nc(COC)n1. The maximum absolute atomic E-state index is 5.40. The quantitative estimate of drug-likeness (QED) is 0.796. The maximum Gasteiger partial charge on any atom is 0.158 e. The molecule has 2 atom stereocenters. The molecule has 1 saturated carbocycles. The lowest BCUT2D eigenvalue weighted by Crippen LogP contribution is -2.19. The van der Waals surface area contributed by atoms with E-state index >= 15 is 0 Å². The van der Waals surface area contributed by atoms with Crippen LogP contribution < -0.4 is 10.6 Å². The van der Waals surface area contributed by atoms with Gasteiger partial charge in [-0.1, -0.05) is 0 Å². The fraction of sp³-hybridized carbons (Fsp3) is 0.714. The third-order valence-electron chi connectivity index (χ3n) is 3.47. The summed E-state index contributed by atoms with van der Waals surface area (Å²) in [4.78, 5) is 8.90. The number of hydrogen-bond acceptors (Lipinski definition) is 6. The Kier molecular flexibility index (Phi) is 5.55. The molecule has 2 N–H and O–H groups in total. The van der Waals surface area contributed by atoms with Crippen LogP contribution in [0.2, 0.25) is 0 Å². The van der Waals surface area contributed by atoms with Crippen molar-refractivity contribution in [2.75, 3.05) is 31.4 Å². The number of nitrogens with one attached hydrogen (secondary N) is 2. The van der Waals surface area contributed by atoms with Gasteiger partial charge in [0.2, 0.25) is 0 Å². The molecule has 6 nitrogen and oxygen atoms in total. The molecule has 1 aromatic heterocycles. The predicted molar refractivity (Wildman–Crippen MR) is 79.0 cm³/mol. The van der Waals surface area contributed by atoms with Crippen LogP contribution in [0.3, 0.4) is 0 Å². The standard InChI is InChI=1S/C14H24N4O2/c1-4-15-12-8-13(18-14(17-12)9-19-2)16-10-5-6-11(7-10)20-3/h8,10-11H,4-7,9H2,1-3H3,(H2,15,16,17,18). The molecule has 2 unspecified atom stereocenters. The molecular formula is C14H24N4O2. The molecule has 0 radical (unpaired) electrons. The van der Waals surface area contributed by atoms with Crippen LogP contribution in [0.1, 0.15) is 32.0 Å². The molecule has 0 aliphatic heterocycles. The lowest BCUT2D eigenvalue weighted by Gasteiger charge is -2.15. The number of methoxy groups -OCH3 is 2. The summed E-state index contributed by atoms with van der Waals surface area (Å²) in [7, 11) is 3.42. The second kappa shape index (κ2) is 7.40. The van der Waals surface area contributed by atoms with Crippen molar-refractivity contribution in [1.82, 2.24) is 9.97 Å². The van der Waals surface area contributed by atoms with Crippen LogP contribution in [0, 0.1) is 0 Å². The molecule has 1 aliphatic rings. The van der Waals surface area contributed by atoms with E-state index in [-0.39, 0.29) is 0 Å². The molecule has 0 aromatic carbocycles. The summed E-state index contributed by atoms with van der Waals surface area (Å²) in [5.74, 6) is 2.37. The first-order valence-electron chi connectivity index (χ1n) is 7.15. The molecular weight excluding hydrogens is 256 g/mol. The fourth-order valence-electron chi connectivity index (χ4n) is 2.53. The Labute approximate surface area is 120 Å². The van der Waals surface area contributed by atoms with E-state index in [1.165, 1.54) is 0 Å². The van der Waals surface area contributed by atoms with Crippen molar-refractivity contribution < 1.29 is 9.47 Å². The van der Waals surface area contributed by atoms with E-state index in [2.05, 4.69) is 20.6 Å². The first-order chi connectivity index (χ1) is 9.75. The fourth-order valence-corrected chi connectivity index (χ4v) is 2.53. The van der Waals surface area contributed by atoms with Crippen LogP contribution in [0.25, 0.3) is 0 Å². The first kappa shape index (κ1) is 15.0. The van der Waals surface area contributed by atoms with Crippen LogP contribution in [0.4, 0.5) is 11.6 Å². The number of hydrogen-bond donors (Lipinski definition) is 2. The molecule has 1 aliphatic carbocycles. The van der Waals surface area contributed by atoms with Gasteiger partial charge in [0.05, 0.1) is 6.10 Å². The molecule has 112 valence electrons. The van der Waals surface area contributed by atoms with Crippen molar-refractivity contribution in [2.45, 2.75) is 44.9 Å². The highest BCUT2D eigenvalue weighted by Crippen LogP contribution is 2.25. The lowest BCUT2D eigenvalue weighted by atomic mass is 10.2. The van der Waals surface area contributed by atoms with E-state index in [4.69, 9.17) is 9.47 Å². The summed E-state index contributed by atoms with van der Waals surface area (Å²) in [5.41, 5.74) is 0. The topological polar surface area (TPSA) is 68.3 Å². The normalized spacial score (nSPS) is 21.9. The maximum atomic E-state index is 5.40. The Balaban J connectivity index is 2.05. The Morgan fingerprint density at radius 2 is 2.05 bits per heavy atom. The van der Waals surface area contributed by atoms with Gasteiger partial charge in [0, 0.05) is 32.9 Å². The molecule has 1 heterocycles. The monoisotopic (exact) mass is 280 g/mol. The van der Waals surface area contributed by atoms with E-state index < -0.39 is 0 Å².